The van der Waals surface area contributed by atoms with E-state index in [9.17, 15) is 0 Å². The minimum Gasteiger partial charge on any atom is -0.455 e. The average molecular weight is 1530 g/mol. The van der Waals surface area contributed by atoms with Gasteiger partial charge in [0.2, 0.25) is 11.9 Å². The summed E-state index contributed by atoms with van der Waals surface area (Å²) < 4.78 is 18.0. The van der Waals surface area contributed by atoms with E-state index in [1.54, 1.807) is 0 Å². The number of para-hydroxylation sites is 9. The van der Waals surface area contributed by atoms with Crippen molar-refractivity contribution < 1.29 is 4.42 Å². The van der Waals surface area contributed by atoms with E-state index in [1.807, 2.05) is 72.8 Å². The van der Waals surface area contributed by atoms with Gasteiger partial charge in [0, 0.05) is 98.6 Å². The van der Waals surface area contributed by atoms with Gasteiger partial charge in [-0.3, -0.25) is 9.13 Å². The molecule has 8 aromatic heterocycles. The first-order chi connectivity index (χ1) is 59.5. The molecule has 8 heterocycles. The molecular weight excluding hydrogens is 1460 g/mol. The predicted octanol–water partition coefficient (Wildman–Crippen LogP) is 28.4. The highest BCUT2D eigenvalue weighted by atomic mass is 16.3. The lowest BCUT2D eigenvalue weighted by atomic mass is 10.0. The summed E-state index contributed by atoms with van der Waals surface area (Å²) in [7, 11) is 0. The van der Waals surface area contributed by atoms with E-state index in [-0.39, 0.29) is 0 Å². The molecule has 10 nitrogen and oxygen atoms in total. The van der Waals surface area contributed by atoms with E-state index in [2.05, 4.69) is 381 Å². The summed E-state index contributed by atoms with van der Waals surface area (Å²) in [5.41, 5.74) is 26.9. The fourth-order valence-electron chi connectivity index (χ4n) is 18.1. The van der Waals surface area contributed by atoms with E-state index in [0.717, 1.165) is 111 Å². The molecule has 120 heavy (non-hydrogen) atoms. The standard InChI is InChI=1S/C42H27N3.C34H21N3O.C34H23N3/c1-3-13-28(14-4-1)43-37-20-10-7-17-31(37)34-25-30(23-24-40(34)43)45-39-22-12-9-19-33(39)36-26-35-32-18-8-11-21-38(32)44(41(35)27-42(36)45)29-15-5-2-6-16-29;1-3-11-22(12-4-1)27-21-28(23-13-5-2-6-14-23)36-34(35-27)37-29-17-9-7-16-26(29)32-30(37)20-19-25-24-15-8-10-18-31(24)38-33(25)32;1-3-12-24(13-4-1)26-16-11-17-27(22-26)31-23-30(25-14-5-2-6-15-25)35-34(36-31)37-32-20-9-7-18-28(32)29-19-8-10-21-33(29)37/h1-27H;1-21H;1-23H. The second-order valence-electron chi connectivity index (χ2n) is 30.4. The zero-order valence-corrected chi connectivity index (χ0v) is 64.9. The maximum atomic E-state index is 6.45. The summed E-state index contributed by atoms with van der Waals surface area (Å²) in [6, 6.07) is 151. The highest BCUT2D eigenvalue weighted by Crippen LogP contribution is 2.45. The van der Waals surface area contributed by atoms with Crippen molar-refractivity contribution >= 4 is 131 Å². The van der Waals surface area contributed by atoms with Gasteiger partial charge in [0.15, 0.2) is 0 Å². The molecule has 25 aromatic rings. The Morgan fingerprint density at radius 3 is 0.975 bits per heavy atom. The Bertz CT molecular complexity index is 8160. The first-order valence-corrected chi connectivity index (χ1v) is 40.6. The van der Waals surface area contributed by atoms with Gasteiger partial charge in [-0.15, -0.1) is 0 Å². The van der Waals surface area contributed by atoms with Gasteiger partial charge in [0.25, 0.3) is 0 Å². The normalized spacial score (nSPS) is 11.7. The predicted molar refractivity (Wildman–Crippen MR) is 497 cm³/mol. The highest BCUT2D eigenvalue weighted by molar-refractivity contribution is 6.24. The van der Waals surface area contributed by atoms with Crippen LogP contribution in [0.15, 0.2) is 435 Å². The van der Waals surface area contributed by atoms with Gasteiger partial charge in [-0.1, -0.05) is 303 Å². The van der Waals surface area contributed by atoms with Crippen molar-refractivity contribution in [3.63, 3.8) is 0 Å². The second-order valence-corrected chi connectivity index (χ2v) is 30.4. The number of aromatic nitrogens is 9. The van der Waals surface area contributed by atoms with E-state index in [0.29, 0.717) is 11.9 Å². The van der Waals surface area contributed by atoms with Crippen molar-refractivity contribution in [3.8, 4) is 85.1 Å². The number of nitrogens with zero attached hydrogens (tertiary/aromatic N) is 9. The van der Waals surface area contributed by atoms with Gasteiger partial charge < -0.3 is 18.1 Å². The first kappa shape index (κ1) is 69.2. The molecule has 25 rings (SSSR count). The maximum Gasteiger partial charge on any atom is 0.235 e. The van der Waals surface area contributed by atoms with Crippen molar-refractivity contribution in [1.82, 2.24) is 42.8 Å². The Morgan fingerprint density at radius 1 is 0.167 bits per heavy atom. The molecule has 0 amide bonds. The number of hydrogen-bond donors (Lipinski definition) is 0. The Hall–Kier alpha value is -16.3. The summed E-state index contributed by atoms with van der Waals surface area (Å²) in [4.78, 5) is 20.5. The van der Waals surface area contributed by atoms with Gasteiger partial charge >= 0.3 is 0 Å². The van der Waals surface area contributed by atoms with E-state index in [4.69, 9.17) is 24.4 Å². The third kappa shape index (κ3) is 11.7. The van der Waals surface area contributed by atoms with Crippen molar-refractivity contribution in [2.75, 3.05) is 0 Å². The Morgan fingerprint density at radius 2 is 0.492 bits per heavy atom. The highest BCUT2D eigenvalue weighted by Gasteiger charge is 2.25. The summed E-state index contributed by atoms with van der Waals surface area (Å²) >= 11 is 0. The molecule has 0 radical (unpaired) electrons. The van der Waals surface area contributed by atoms with Gasteiger partial charge in [-0.25, -0.2) is 19.9 Å². The number of furan rings is 1. The molecular formula is C110H71N9O. The van der Waals surface area contributed by atoms with Gasteiger partial charge in [-0.05, 0) is 139 Å². The third-order valence-electron chi connectivity index (χ3n) is 23.5. The van der Waals surface area contributed by atoms with Crippen molar-refractivity contribution in [3.05, 3.63) is 431 Å². The Kier molecular flexibility index (Phi) is 16.7. The van der Waals surface area contributed by atoms with Crippen LogP contribution >= 0.6 is 0 Å². The summed E-state index contributed by atoms with van der Waals surface area (Å²) in [6.45, 7) is 0. The minimum absolute atomic E-state index is 0.631. The topological polar surface area (TPSA) is 89.4 Å². The van der Waals surface area contributed by atoms with E-state index in [1.165, 1.54) is 93.1 Å². The number of hydrogen-bond acceptors (Lipinski definition) is 5. The van der Waals surface area contributed by atoms with Crippen molar-refractivity contribution in [1.29, 1.82) is 0 Å². The maximum absolute atomic E-state index is 6.45. The molecule has 0 saturated heterocycles. The van der Waals surface area contributed by atoms with E-state index < -0.39 is 0 Å². The van der Waals surface area contributed by atoms with Crippen LogP contribution in [0.4, 0.5) is 0 Å². The molecule has 0 aliphatic heterocycles. The lowest BCUT2D eigenvalue weighted by Gasteiger charge is -2.12. The molecule has 0 fully saturated rings. The van der Waals surface area contributed by atoms with Gasteiger partial charge in [-0.2, -0.15) is 0 Å². The summed E-state index contributed by atoms with van der Waals surface area (Å²) in [5, 5.41) is 14.4. The lowest BCUT2D eigenvalue weighted by Crippen LogP contribution is -2.04. The molecule has 0 atom stereocenters. The fraction of sp³-hybridized carbons (Fsp3) is 0. The lowest BCUT2D eigenvalue weighted by molar-refractivity contribution is 0.673. The van der Waals surface area contributed by atoms with Crippen LogP contribution in [-0.2, 0) is 0 Å². The van der Waals surface area contributed by atoms with Crippen LogP contribution in [0.5, 0.6) is 0 Å². The molecule has 562 valence electrons. The first-order valence-electron chi connectivity index (χ1n) is 40.6. The van der Waals surface area contributed by atoms with Gasteiger partial charge in [0.1, 0.15) is 11.2 Å². The molecule has 0 aliphatic rings. The van der Waals surface area contributed by atoms with Crippen LogP contribution in [0, 0.1) is 0 Å². The largest absolute Gasteiger partial charge is 0.455 e. The summed E-state index contributed by atoms with van der Waals surface area (Å²) in [5.74, 6) is 1.30. The van der Waals surface area contributed by atoms with E-state index >= 15 is 0 Å². The summed E-state index contributed by atoms with van der Waals surface area (Å²) in [6.07, 6.45) is 0. The SMILES string of the molecule is c1ccc(-c2cc(-c3ccccc3)nc(-n3c4ccccc4c4c5oc6ccccc6c5ccc43)n2)cc1.c1ccc(-c2cccc(-c3cc(-c4ccccc4)nc(-n4c5ccccc5c5ccccc54)n3)c2)cc1.c1ccc(-n2c3ccccc3c3cc(-n4c5ccccc5c5cc6c7ccccc7n(-c7ccccc7)c6cc54)ccc32)cc1. The minimum atomic E-state index is 0.631. The molecule has 0 aliphatic carbocycles. The van der Waals surface area contributed by atoms with Crippen LogP contribution in [0.1, 0.15) is 0 Å². The smallest absolute Gasteiger partial charge is 0.235 e. The molecule has 0 bridgehead atoms. The average Bonchev–Trinajstić information content (AvgIpc) is 1.56. The molecule has 0 spiro atoms. The second kappa shape index (κ2) is 28.9. The zero-order valence-electron chi connectivity index (χ0n) is 64.9. The monoisotopic (exact) mass is 1530 g/mol. The number of fused-ring (bicyclic) bond motifs is 19. The van der Waals surface area contributed by atoms with Crippen LogP contribution in [0.2, 0.25) is 0 Å². The fourth-order valence-corrected chi connectivity index (χ4v) is 18.1. The zero-order chi connectivity index (χ0) is 79.1. The van der Waals surface area contributed by atoms with Crippen LogP contribution < -0.4 is 0 Å². The molecule has 0 saturated carbocycles. The molecule has 17 aromatic carbocycles. The molecule has 0 unspecified atom stereocenters. The molecule has 0 N–H and O–H groups in total. The Balaban J connectivity index is 0.000000106. The number of benzene rings is 17. The van der Waals surface area contributed by atoms with Crippen LogP contribution in [0.25, 0.3) is 216 Å². The Labute approximate surface area is 689 Å². The van der Waals surface area contributed by atoms with Crippen molar-refractivity contribution in [2.24, 2.45) is 0 Å². The number of rotatable bonds is 10. The van der Waals surface area contributed by atoms with Crippen molar-refractivity contribution in [2.45, 2.75) is 0 Å². The quantitative estimate of drug-likeness (QED) is 0.136. The van der Waals surface area contributed by atoms with Crippen LogP contribution in [-0.4, -0.2) is 42.8 Å². The van der Waals surface area contributed by atoms with Gasteiger partial charge in [0.05, 0.1) is 83.3 Å². The third-order valence-corrected chi connectivity index (χ3v) is 23.5. The molecule has 10 heteroatoms. The van der Waals surface area contributed by atoms with Crippen LogP contribution in [0.3, 0.4) is 0 Å².